The minimum absolute atomic E-state index is 0.141. The van der Waals surface area contributed by atoms with Gasteiger partial charge in [-0.05, 0) is 49.6 Å². The fraction of sp³-hybridized carbons (Fsp3) is 0.533. The highest BCUT2D eigenvalue weighted by Crippen LogP contribution is 2.18. The van der Waals surface area contributed by atoms with Gasteiger partial charge in [0, 0.05) is 20.6 Å². The first-order valence-corrected chi connectivity index (χ1v) is 7.07. The second kappa shape index (κ2) is 8.10. The van der Waals surface area contributed by atoms with Gasteiger partial charge < -0.3 is 10.2 Å². The van der Waals surface area contributed by atoms with Gasteiger partial charge in [-0.25, -0.2) is 4.39 Å². The predicted octanol–water partition coefficient (Wildman–Crippen LogP) is 3.58. The van der Waals surface area contributed by atoms with Crippen LogP contribution in [0.4, 0.5) is 4.39 Å². The molecule has 0 bridgehead atoms. The Bertz CT molecular complexity index is 397. The van der Waals surface area contributed by atoms with E-state index in [0.717, 1.165) is 24.5 Å². The van der Waals surface area contributed by atoms with E-state index in [1.807, 2.05) is 25.1 Å². The minimum atomic E-state index is -0.141. The lowest BCUT2D eigenvalue weighted by Crippen LogP contribution is -2.36. The van der Waals surface area contributed by atoms with Gasteiger partial charge in [0.2, 0.25) is 0 Å². The van der Waals surface area contributed by atoms with E-state index in [-0.39, 0.29) is 5.83 Å². The van der Waals surface area contributed by atoms with E-state index in [0.29, 0.717) is 12.3 Å². The van der Waals surface area contributed by atoms with Crippen LogP contribution in [0.1, 0.15) is 26.2 Å². The Morgan fingerprint density at radius 2 is 2.16 bits per heavy atom. The largest absolute Gasteiger partial charge is 0.362 e. The number of nitrogens with zero attached hydrogens (tertiary/aromatic N) is 1. The molecule has 106 valence electrons. The lowest BCUT2D eigenvalue weighted by atomic mass is 10.0. The fourth-order valence-electron chi connectivity index (χ4n) is 1.77. The van der Waals surface area contributed by atoms with Crippen LogP contribution in [0, 0.1) is 5.92 Å². The van der Waals surface area contributed by atoms with Gasteiger partial charge in [-0.15, -0.1) is 0 Å². The Kier molecular flexibility index (Phi) is 6.78. The van der Waals surface area contributed by atoms with E-state index in [4.69, 9.17) is 12.2 Å². The molecule has 0 aromatic heterocycles. The average Bonchev–Trinajstić information content (AvgIpc) is 2.58. The van der Waals surface area contributed by atoms with E-state index < -0.39 is 0 Å². The Labute approximate surface area is 121 Å². The quantitative estimate of drug-likeness (QED) is 0.776. The van der Waals surface area contributed by atoms with Gasteiger partial charge in [-0.3, -0.25) is 0 Å². The lowest BCUT2D eigenvalue weighted by Gasteiger charge is -2.18. The molecule has 1 aliphatic carbocycles. The summed E-state index contributed by atoms with van der Waals surface area (Å²) in [5.41, 5.74) is 1.21. The summed E-state index contributed by atoms with van der Waals surface area (Å²) < 4.78 is 13.0. The Balaban J connectivity index is 2.27. The van der Waals surface area contributed by atoms with Crippen LogP contribution in [0.5, 0.6) is 0 Å². The first-order valence-electron chi connectivity index (χ1n) is 6.67. The van der Waals surface area contributed by atoms with E-state index in [9.17, 15) is 4.39 Å². The molecule has 0 fully saturated rings. The zero-order valence-electron chi connectivity index (χ0n) is 11.9. The Morgan fingerprint density at radius 1 is 1.42 bits per heavy atom. The molecule has 0 aromatic carbocycles. The first kappa shape index (κ1) is 15.9. The number of allylic oxidation sites excluding steroid dienone is 6. The highest BCUT2D eigenvalue weighted by Gasteiger charge is 2.06. The van der Waals surface area contributed by atoms with Crippen LogP contribution in [0.3, 0.4) is 0 Å². The third-order valence-corrected chi connectivity index (χ3v) is 3.59. The lowest BCUT2D eigenvalue weighted by molar-refractivity contribution is 0.504. The molecular weight excluding hydrogens is 259 g/mol. The van der Waals surface area contributed by atoms with Crippen molar-refractivity contribution >= 4 is 17.3 Å². The van der Waals surface area contributed by atoms with Crippen LogP contribution in [0.2, 0.25) is 0 Å². The van der Waals surface area contributed by atoms with Crippen molar-refractivity contribution in [3.05, 3.63) is 35.7 Å². The Morgan fingerprint density at radius 3 is 2.84 bits per heavy atom. The smallest absolute Gasteiger partial charge is 0.168 e. The van der Waals surface area contributed by atoms with Crippen molar-refractivity contribution in [2.45, 2.75) is 26.2 Å². The number of halogens is 1. The van der Waals surface area contributed by atoms with Crippen molar-refractivity contribution in [3.63, 3.8) is 0 Å². The number of rotatable bonds is 5. The summed E-state index contributed by atoms with van der Waals surface area (Å²) in [6.45, 7) is 3.08. The molecule has 2 nitrogen and oxygen atoms in total. The van der Waals surface area contributed by atoms with Crippen LogP contribution in [0.25, 0.3) is 0 Å². The van der Waals surface area contributed by atoms with Gasteiger partial charge in [0.05, 0.1) is 0 Å². The van der Waals surface area contributed by atoms with Crippen molar-refractivity contribution in [1.29, 1.82) is 0 Å². The van der Waals surface area contributed by atoms with E-state index >= 15 is 0 Å². The summed E-state index contributed by atoms with van der Waals surface area (Å²) in [5, 5.41) is 4.01. The standard InChI is InChI=1S/C15H23FN2S/c1-12(11-17-15(19)18(2)3)7-8-13-5-4-6-14(16)10-9-13/h5-6,9-10,12H,4,7-8,11H2,1-3H3,(H,17,19). The van der Waals surface area contributed by atoms with Crippen LogP contribution in [-0.4, -0.2) is 30.7 Å². The van der Waals surface area contributed by atoms with Crippen LogP contribution in [-0.2, 0) is 0 Å². The third kappa shape index (κ3) is 6.53. The third-order valence-electron chi connectivity index (χ3n) is 3.08. The molecule has 0 saturated carbocycles. The molecule has 4 heteroatoms. The minimum Gasteiger partial charge on any atom is -0.362 e. The maximum Gasteiger partial charge on any atom is 0.168 e. The molecule has 1 rings (SSSR count). The van der Waals surface area contributed by atoms with E-state index in [1.54, 1.807) is 12.2 Å². The van der Waals surface area contributed by atoms with Crippen molar-refractivity contribution in [2.75, 3.05) is 20.6 Å². The average molecular weight is 282 g/mol. The molecule has 0 spiro atoms. The summed E-state index contributed by atoms with van der Waals surface area (Å²) in [7, 11) is 3.87. The zero-order valence-corrected chi connectivity index (χ0v) is 12.8. The summed E-state index contributed by atoms with van der Waals surface area (Å²) in [4.78, 5) is 1.90. The molecule has 0 aliphatic heterocycles. The second-order valence-electron chi connectivity index (χ2n) is 5.16. The molecule has 0 radical (unpaired) electrons. The van der Waals surface area contributed by atoms with Crippen molar-refractivity contribution in [2.24, 2.45) is 5.92 Å². The SMILES string of the molecule is CC(CCC1=CCC=C(F)C=C1)CNC(=S)N(C)C. The molecule has 19 heavy (non-hydrogen) atoms. The van der Waals surface area contributed by atoms with Gasteiger partial charge in [0.1, 0.15) is 5.83 Å². The molecule has 0 aromatic rings. The van der Waals surface area contributed by atoms with Gasteiger partial charge in [0.15, 0.2) is 5.11 Å². The molecule has 1 unspecified atom stereocenters. The van der Waals surface area contributed by atoms with Crippen LogP contribution < -0.4 is 5.32 Å². The van der Waals surface area contributed by atoms with Gasteiger partial charge >= 0.3 is 0 Å². The highest BCUT2D eigenvalue weighted by molar-refractivity contribution is 7.80. The summed E-state index contributed by atoms with van der Waals surface area (Å²) in [5.74, 6) is 0.394. The number of nitrogens with one attached hydrogen (secondary N) is 1. The topological polar surface area (TPSA) is 15.3 Å². The molecule has 0 amide bonds. The highest BCUT2D eigenvalue weighted by atomic mass is 32.1. The molecule has 0 saturated heterocycles. The predicted molar refractivity (Wildman–Crippen MR) is 83.7 cm³/mol. The number of hydrogen-bond acceptors (Lipinski definition) is 1. The summed E-state index contributed by atoms with van der Waals surface area (Å²) >= 11 is 5.18. The van der Waals surface area contributed by atoms with Crippen molar-refractivity contribution < 1.29 is 4.39 Å². The summed E-state index contributed by atoms with van der Waals surface area (Å²) in [6, 6.07) is 0. The molecular formula is C15H23FN2S. The van der Waals surface area contributed by atoms with Gasteiger partial charge in [0.25, 0.3) is 0 Å². The maximum atomic E-state index is 13.0. The second-order valence-corrected chi connectivity index (χ2v) is 5.55. The number of thiocarbonyl (C=S) groups is 1. The maximum absolute atomic E-state index is 13.0. The normalized spacial score (nSPS) is 16.2. The first-order chi connectivity index (χ1) is 8.99. The Hall–Kier alpha value is -1.16. The molecule has 0 heterocycles. The number of hydrogen-bond donors (Lipinski definition) is 1. The van der Waals surface area contributed by atoms with Crippen molar-refractivity contribution in [3.8, 4) is 0 Å². The van der Waals surface area contributed by atoms with Gasteiger partial charge in [-0.1, -0.05) is 24.6 Å². The van der Waals surface area contributed by atoms with E-state index in [2.05, 4.69) is 18.3 Å². The monoisotopic (exact) mass is 282 g/mol. The molecule has 1 N–H and O–H groups in total. The molecule has 1 aliphatic rings. The van der Waals surface area contributed by atoms with Crippen LogP contribution >= 0.6 is 12.2 Å². The summed E-state index contributed by atoms with van der Waals surface area (Å²) in [6.07, 6.45) is 9.85. The fourth-order valence-corrected chi connectivity index (χ4v) is 1.85. The van der Waals surface area contributed by atoms with E-state index in [1.165, 1.54) is 5.57 Å². The van der Waals surface area contributed by atoms with Gasteiger partial charge in [-0.2, -0.15) is 0 Å². The van der Waals surface area contributed by atoms with Crippen LogP contribution in [0.15, 0.2) is 35.7 Å². The zero-order chi connectivity index (χ0) is 14.3. The molecule has 1 atom stereocenters. The van der Waals surface area contributed by atoms with Crippen molar-refractivity contribution in [1.82, 2.24) is 10.2 Å².